The van der Waals surface area contributed by atoms with E-state index in [1.165, 1.54) is 14.0 Å². The molecule has 0 saturated heterocycles. The molecule has 4 N–H and O–H groups in total. The number of nitrogens with one attached hydrogen (secondary N) is 3. The molecule has 0 fully saturated rings. The summed E-state index contributed by atoms with van der Waals surface area (Å²) in [6.45, 7) is 3.89. The molecule has 0 aliphatic rings. The largest absolute Gasteiger partial charge is 0.495 e. The lowest BCUT2D eigenvalue weighted by Gasteiger charge is -2.29. The number of carbonyl (C=O) groups excluding carboxylic acids is 2. The average Bonchev–Trinajstić information content (AvgIpc) is 2.91. The Bertz CT molecular complexity index is 1280. The summed E-state index contributed by atoms with van der Waals surface area (Å²) >= 11 is 0. The molecule has 3 rings (SSSR count). The number of ether oxygens (including phenoxy) is 1. The van der Waals surface area contributed by atoms with Gasteiger partial charge in [-0.15, -0.1) is 0 Å². The Balaban J connectivity index is 1.75. The van der Waals surface area contributed by atoms with Crippen LogP contribution in [0, 0.1) is 6.92 Å². The number of carboxylic acids is 1. The maximum atomic E-state index is 12.6. The summed E-state index contributed by atoms with van der Waals surface area (Å²) in [5.41, 5.74) is 3.85. The normalized spacial score (nSPS) is 12.3. The zero-order valence-corrected chi connectivity index (χ0v) is 22.7. The summed E-state index contributed by atoms with van der Waals surface area (Å²) in [6.07, 6.45) is 0.493. The molecule has 0 aliphatic heterocycles. The number of rotatable bonds is 12. The Morgan fingerprint density at radius 2 is 1.59 bits per heavy atom. The lowest BCUT2D eigenvalue weighted by Crippen LogP contribution is -2.32. The number of para-hydroxylation sites is 1. The van der Waals surface area contributed by atoms with Gasteiger partial charge in [0.1, 0.15) is 5.75 Å². The molecule has 2 unspecified atom stereocenters. The van der Waals surface area contributed by atoms with Crippen molar-refractivity contribution in [1.82, 2.24) is 10.2 Å². The fraction of sp³-hybridized carbons (Fsp3) is 0.300. The number of amides is 3. The van der Waals surface area contributed by atoms with Gasteiger partial charge in [0.15, 0.2) is 0 Å². The van der Waals surface area contributed by atoms with Crippen LogP contribution in [0.4, 0.5) is 16.2 Å². The van der Waals surface area contributed by atoms with E-state index in [1.807, 2.05) is 79.5 Å². The van der Waals surface area contributed by atoms with Crippen LogP contribution < -0.4 is 20.7 Å². The molecule has 0 aromatic heterocycles. The van der Waals surface area contributed by atoms with Crippen molar-refractivity contribution in [2.45, 2.75) is 38.8 Å². The molecular weight excluding hydrogens is 496 g/mol. The molecule has 0 radical (unpaired) electrons. The van der Waals surface area contributed by atoms with Crippen LogP contribution in [0.1, 0.15) is 48.5 Å². The predicted octanol–water partition coefficient (Wildman–Crippen LogP) is 5.36. The van der Waals surface area contributed by atoms with E-state index in [9.17, 15) is 19.5 Å². The third kappa shape index (κ3) is 8.58. The standard InChI is InChI=1S/C30H36N4O5/c1-20-10-8-9-13-24(20)32-30(38)33-26-15-14-23(18-28(26)39-4)25(31-21(2)35)16-17-34(3)27(19-29(36)37)22-11-6-5-7-12-22/h5-15,18,25,27H,16-17,19H2,1-4H3,(H,31,35)(H,36,37)(H2,32,33,38). The second-order valence-corrected chi connectivity index (χ2v) is 9.40. The van der Waals surface area contributed by atoms with Gasteiger partial charge in [-0.2, -0.15) is 0 Å². The number of anilines is 2. The van der Waals surface area contributed by atoms with Crippen LogP contribution >= 0.6 is 0 Å². The molecule has 0 bridgehead atoms. The minimum atomic E-state index is -0.881. The van der Waals surface area contributed by atoms with E-state index in [0.29, 0.717) is 30.1 Å². The van der Waals surface area contributed by atoms with Crippen molar-refractivity contribution in [3.05, 3.63) is 89.5 Å². The number of hydrogen-bond donors (Lipinski definition) is 4. The van der Waals surface area contributed by atoms with E-state index < -0.39 is 12.0 Å². The van der Waals surface area contributed by atoms with Crippen LogP contribution in [0.5, 0.6) is 5.75 Å². The molecule has 0 spiro atoms. The monoisotopic (exact) mass is 532 g/mol. The molecule has 0 heterocycles. The molecule has 39 heavy (non-hydrogen) atoms. The van der Waals surface area contributed by atoms with Gasteiger partial charge in [-0.1, -0.05) is 54.6 Å². The molecule has 3 aromatic rings. The minimum Gasteiger partial charge on any atom is -0.495 e. The molecule has 0 saturated carbocycles. The van der Waals surface area contributed by atoms with Crippen LogP contribution in [0.3, 0.4) is 0 Å². The Labute approximate surface area is 229 Å². The number of urea groups is 1. The average molecular weight is 533 g/mol. The van der Waals surface area contributed by atoms with Gasteiger partial charge in [-0.05, 0) is 55.3 Å². The Hall–Kier alpha value is -4.37. The number of benzene rings is 3. The number of aryl methyl sites for hydroxylation is 1. The molecule has 0 aliphatic carbocycles. The summed E-state index contributed by atoms with van der Waals surface area (Å²) in [6, 6.07) is 21.3. The molecule has 9 nitrogen and oxygen atoms in total. The number of carbonyl (C=O) groups is 3. The van der Waals surface area contributed by atoms with Crippen LogP contribution in [0.25, 0.3) is 0 Å². The van der Waals surface area contributed by atoms with Crippen molar-refractivity contribution in [2.24, 2.45) is 0 Å². The maximum Gasteiger partial charge on any atom is 0.323 e. The van der Waals surface area contributed by atoms with Gasteiger partial charge < -0.3 is 25.8 Å². The van der Waals surface area contributed by atoms with E-state index in [-0.39, 0.29) is 24.4 Å². The first-order valence-corrected chi connectivity index (χ1v) is 12.7. The van der Waals surface area contributed by atoms with Crippen LogP contribution in [-0.2, 0) is 9.59 Å². The van der Waals surface area contributed by atoms with Crippen molar-refractivity contribution < 1.29 is 24.2 Å². The first-order valence-electron chi connectivity index (χ1n) is 12.7. The summed E-state index contributed by atoms with van der Waals surface area (Å²) in [4.78, 5) is 38.2. The fourth-order valence-electron chi connectivity index (χ4n) is 4.44. The highest BCUT2D eigenvalue weighted by Gasteiger charge is 2.23. The lowest BCUT2D eigenvalue weighted by molar-refractivity contribution is -0.138. The van der Waals surface area contributed by atoms with Gasteiger partial charge in [0.2, 0.25) is 5.91 Å². The fourth-order valence-corrected chi connectivity index (χ4v) is 4.44. The van der Waals surface area contributed by atoms with E-state index in [4.69, 9.17) is 4.74 Å². The van der Waals surface area contributed by atoms with E-state index in [0.717, 1.165) is 16.7 Å². The summed E-state index contributed by atoms with van der Waals surface area (Å²) in [7, 11) is 3.40. The Morgan fingerprint density at radius 3 is 2.23 bits per heavy atom. The molecule has 3 amide bonds. The number of methoxy groups -OCH3 is 1. The second-order valence-electron chi connectivity index (χ2n) is 9.40. The van der Waals surface area contributed by atoms with E-state index in [1.54, 1.807) is 12.1 Å². The highest BCUT2D eigenvalue weighted by molar-refractivity contribution is 6.01. The van der Waals surface area contributed by atoms with Gasteiger partial charge >= 0.3 is 12.0 Å². The number of hydrogen-bond acceptors (Lipinski definition) is 5. The van der Waals surface area contributed by atoms with Gasteiger partial charge in [0.05, 0.1) is 25.3 Å². The molecule has 3 aromatic carbocycles. The molecule has 9 heteroatoms. The maximum absolute atomic E-state index is 12.6. The number of aliphatic carboxylic acids is 1. The number of nitrogens with zero attached hydrogens (tertiary/aromatic N) is 1. The van der Waals surface area contributed by atoms with E-state index >= 15 is 0 Å². The van der Waals surface area contributed by atoms with Crippen LogP contribution in [-0.4, -0.2) is 48.6 Å². The third-order valence-corrected chi connectivity index (χ3v) is 6.50. The van der Waals surface area contributed by atoms with Crippen molar-refractivity contribution in [2.75, 3.05) is 31.3 Å². The van der Waals surface area contributed by atoms with Crippen molar-refractivity contribution in [1.29, 1.82) is 0 Å². The summed E-state index contributed by atoms with van der Waals surface area (Å²) < 4.78 is 5.55. The Morgan fingerprint density at radius 1 is 0.923 bits per heavy atom. The quantitative estimate of drug-likeness (QED) is 0.249. The Kier molecular flexibility index (Phi) is 10.5. The summed E-state index contributed by atoms with van der Waals surface area (Å²) in [5, 5.41) is 18.1. The van der Waals surface area contributed by atoms with Gasteiger partial charge in [-0.25, -0.2) is 4.79 Å². The van der Waals surface area contributed by atoms with E-state index in [2.05, 4.69) is 16.0 Å². The molecule has 206 valence electrons. The van der Waals surface area contributed by atoms with Gasteiger partial charge in [-0.3, -0.25) is 14.5 Å². The summed E-state index contributed by atoms with van der Waals surface area (Å²) in [5.74, 6) is -0.621. The first-order chi connectivity index (χ1) is 18.7. The zero-order chi connectivity index (χ0) is 28.4. The SMILES string of the molecule is COc1cc(C(CCN(C)C(CC(=O)O)c2ccccc2)NC(C)=O)ccc1NC(=O)Nc1ccccc1C. The first kappa shape index (κ1) is 29.2. The minimum absolute atomic E-state index is 0.0376. The van der Waals surface area contributed by atoms with Crippen molar-refractivity contribution in [3.8, 4) is 5.75 Å². The van der Waals surface area contributed by atoms with Crippen LogP contribution in [0.2, 0.25) is 0 Å². The predicted molar refractivity (Wildman–Crippen MR) is 152 cm³/mol. The van der Waals surface area contributed by atoms with Gasteiger partial charge in [0.25, 0.3) is 0 Å². The molecule has 2 atom stereocenters. The highest BCUT2D eigenvalue weighted by atomic mass is 16.5. The molecular formula is C30H36N4O5. The zero-order valence-electron chi connectivity index (χ0n) is 22.7. The number of carboxylic acid groups (broad SMARTS) is 1. The topological polar surface area (TPSA) is 120 Å². The van der Waals surface area contributed by atoms with Crippen LogP contribution in [0.15, 0.2) is 72.8 Å². The second kappa shape index (κ2) is 14.0. The van der Waals surface area contributed by atoms with Crippen molar-refractivity contribution in [3.63, 3.8) is 0 Å². The third-order valence-electron chi connectivity index (χ3n) is 6.50. The van der Waals surface area contributed by atoms with Crippen molar-refractivity contribution >= 4 is 29.3 Å². The highest BCUT2D eigenvalue weighted by Crippen LogP contribution is 2.31. The smallest absolute Gasteiger partial charge is 0.323 e. The lowest BCUT2D eigenvalue weighted by atomic mass is 9.99. The van der Waals surface area contributed by atoms with Gasteiger partial charge in [0, 0.05) is 25.2 Å².